The summed E-state index contributed by atoms with van der Waals surface area (Å²) in [5.41, 5.74) is 2.42. The van der Waals surface area contributed by atoms with Crippen molar-refractivity contribution in [1.29, 1.82) is 0 Å². The van der Waals surface area contributed by atoms with Gasteiger partial charge in [0.15, 0.2) is 0 Å². The molecular formula is C16H19N3O4S. The highest BCUT2D eigenvalue weighted by Gasteiger charge is 2.28. The Hall–Kier alpha value is -2.19. The summed E-state index contributed by atoms with van der Waals surface area (Å²) < 4.78 is 29.2. The maximum atomic E-state index is 12.5. The molecule has 0 atom stereocenters. The van der Waals surface area contributed by atoms with E-state index in [1.165, 1.54) is 18.2 Å². The molecular weight excluding hydrogens is 330 g/mol. The first kappa shape index (κ1) is 16.7. The zero-order chi connectivity index (χ0) is 17.5. The molecule has 0 spiro atoms. The number of carbonyl (C=O) groups is 1. The molecule has 0 bridgehead atoms. The Morgan fingerprint density at radius 3 is 2.75 bits per heavy atom. The first-order valence-electron chi connectivity index (χ1n) is 7.64. The summed E-state index contributed by atoms with van der Waals surface area (Å²) >= 11 is 0. The fourth-order valence-electron chi connectivity index (χ4n) is 2.68. The highest BCUT2D eigenvalue weighted by Crippen LogP contribution is 2.41. The standard InChI is InChI=1S/C16H19N3O4S/c1-10-3-6-12(7-13(10)16(20)21)24(22,23)18-9-15-14(11-4-5-11)8-17-19(15)2/h3,6-8,11,18H,4-5,9H2,1-2H3,(H,20,21). The number of nitrogens with one attached hydrogen (secondary N) is 1. The lowest BCUT2D eigenvalue weighted by Gasteiger charge is -2.10. The van der Waals surface area contributed by atoms with E-state index in [4.69, 9.17) is 5.11 Å². The number of hydrogen-bond donors (Lipinski definition) is 2. The third-order valence-corrected chi connectivity index (χ3v) is 5.69. The second kappa shape index (κ2) is 6.03. The minimum atomic E-state index is -3.80. The molecule has 1 heterocycles. The molecule has 2 aromatic rings. The fraction of sp³-hybridized carbons (Fsp3) is 0.375. The number of rotatable bonds is 6. The van der Waals surface area contributed by atoms with Gasteiger partial charge in [-0.05, 0) is 48.9 Å². The molecule has 0 aliphatic heterocycles. The van der Waals surface area contributed by atoms with Crippen LogP contribution in [0.1, 0.15) is 45.9 Å². The van der Waals surface area contributed by atoms with Crippen molar-refractivity contribution in [3.63, 3.8) is 0 Å². The lowest BCUT2D eigenvalue weighted by molar-refractivity contribution is 0.0696. The van der Waals surface area contributed by atoms with E-state index in [0.717, 1.165) is 24.1 Å². The molecule has 3 rings (SSSR count). The lowest BCUT2D eigenvalue weighted by Crippen LogP contribution is -2.25. The van der Waals surface area contributed by atoms with Crippen LogP contribution in [0, 0.1) is 6.92 Å². The maximum absolute atomic E-state index is 12.5. The number of sulfonamides is 1. The third kappa shape index (κ3) is 3.20. The van der Waals surface area contributed by atoms with Crippen LogP contribution in [-0.2, 0) is 23.6 Å². The summed E-state index contributed by atoms with van der Waals surface area (Å²) in [5, 5.41) is 13.4. The van der Waals surface area contributed by atoms with Gasteiger partial charge in [-0.1, -0.05) is 6.07 Å². The SMILES string of the molecule is Cc1ccc(S(=O)(=O)NCc2c(C3CC3)cnn2C)cc1C(=O)O. The van der Waals surface area contributed by atoms with Gasteiger partial charge in [-0.3, -0.25) is 4.68 Å². The summed E-state index contributed by atoms with van der Waals surface area (Å²) in [4.78, 5) is 11.1. The molecule has 0 saturated heterocycles. The molecule has 24 heavy (non-hydrogen) atoms. The van der Waals surface area contributed by atoms with Crippen molar-refractivity contribution in [3.05, 3.63) is 46.8 Å². The Morgan fingerprint density at radius 1 is 1.42 bits per heavy atom. The molecule has 1 saturated carbocycles. The van der Waals surface area contributed by atoms with Crippen LogP contribution in [0.3, 0.4) is 0 Å². The average Bonchev–Trinajstić information content (AvgIpc) is 3.29. The average molecular weight is 349 g/mol. The van der Waals surface area contributed by atoms with Crippen LogP contribution in [0.15, 0.2) is 29.3 Å². The Morgan fingerprint density at radius 2 is 2.12 bits per heavy atom. The highest BCUT2D eigenvalue weighted by atomic mass is 32.2. The van der Waals surface area contributed by atoms with Crippen LogP contribution in [0.5, 0.6) is 0 Å². The molecule has 1 fully saturated rings. The van der Waals surface area contributed by atoms with Crippen LogP contribution in [0.2, 0.25) is 0 Å². The van der Waals surface area contributed by atoms with E-state index >= 15 is 0 Å². The number of carboxylic acids is 1. The summed E-state index contributed by atoms with van der Waals surface area (Å²) in [5.74, 6) is -0.677. The molecule has 1 aromatic carbocycles. The van der Waals surface area contributed by atoms with E-state index in [1.807, 2.05) is 0 Å². The van der Waals surface area contributed by atoms with Gasteiger partial charge in [-0.2, -0.15) is 5.10 Å². The molecule has 128 valence electrons. The predicted octanol–water partition coefficient (Wildman–Crippen LogP) is 1.78. The molecule has 0 unspecified atom stereocenters. The van der Waals surface area contributed by atoms with Gasteiger partial charge in [-0.15, -0.1) is 0 Å². The lowest BCUT2D eigenvalue weighted by atomic mass is 10.1. The molecule has 0 amide bonds. The summed E-state index contributed by atoms with van der Waals surface area (Å²) in [6.45, 7) is 1.76. The van der Waals surface area contributed by atoms with E-state index in [1.54, 1.807) is 24.9 Å². The van der Waals surface area contributed by atoms with Crippen molar-refractivity contribution < 1.29 is 18.3 Å². The Balaban J connectivity index is 1.83. The van der Waals surface area contributed by atoms with Gasteiger partial charge in [0.25, 0.3) is 0 Å². The normalized spacial score (nSPS) is 14.8. The quantitative estimate of drug-likeness (QED) is 0.828. The summed E-state index contributed by atoms with van der Waals surface area (Å²) in [6, 6.07) is 4.10. The number of benzene rings is 1. The second-order valence-electron chi connectivity index (χ2n) is 6.05. The number of aryl methyl sites for hydroxylation is 2. The summed E-state index contributed by atoms with van der Waals surface area (Å²) in [7, 11) is -2.02. The van der Waals surface area contributed by atoms with E-state index in [9.17, 15) is 13.2 Å². The number of aromatic carboxylic acids is 1. The molecule has 1 aliphatic rings. The van der Waals surface area contributed by atoms with Crippen LogP contribution in [-0.4, -0.2) is 29.3 Å². The van der Waals surface area contributed by atoms with Gasteiger partial charge in [-0.25, -0.2) is 17.9 Å². The Kier molecular flexibility index (Phi) is 4.18. The van der Waals surface area contributed by atoms with Gasteiger partial charge in [0.05, 0.1) is 28.9 Å². The topological polar surface area (TPSA) is 101 Å². The minimum absolute atomic E-state index is 0.0166. The molecule has 0 radical (unpaired) electrons. The molecule has 7 nitrogen and oxygen atoms in total. The largest absolute Gasteiger partial charge is 0.478 e. The van der Waals surface area contributed by atoms with E-state index in [2.05, 4.69) is 9.82 Å². The second-order valence-corrected chi connectivity index (χ2v) is 7.82. The number of nitrogens with zero attached hydrogens (tertiary/aromatic N) is 2. The predicted molar refractivity (Wildman–Crippen MR) is 87.3 cm³/mol. The van der Waals surface area contributed by atoms with Crippen LogP contribution >= 0.6 is 0 Å². The molecule has 2 N–H and O–H groups in total. The van der Waals surface area contributed by atoms with E-state index in [0.29, 0.717) is 11.5 Å². The number of aromatic nitrogens is 2. The molecule has 8 heteroatoms. The smallest absolute Gasteiger partial charge is 0.335 e. The third-order valence-electron chi connectivity index (χ3n) is 4.29. The zero-order valence-corrected chi connectivity index (χ0v) is 14.3. The van der Waals surface area contributed by atoms with Crippen molar-refractivity contribution in [3.8, 4) is 0 Å². The van der Waals surface area contributed by atoms with Gasteiger partial charge < -0.3 is 5.11 Å². The Labute approximate surface area is 140 Å². The zero-order valence-electron chi connectivity index (χ0n) is 13.5. The Bertz CT molecular complexity index is 898. The van der Waals surface area contributed by atoms with Crippen molar-refractivity contribution in [1.82, 2.24) is 14.5 Å². The monoisotopic (exact) mass is 349 g/mol. The number of carboxylic acid groups (broad SMARTS) is 1. The van der Waals surface area contributed by atoms with Gasteiger partial charge >= 0.3 is 5.97 Å². The molecule has 1 aliphatic carbocycles. The highest BCUT2D eigenvalue weighted by molar-refractivity contribution is 7.89. The summed E-state index contributed by atoms with van der Waals surface area (Å²) in [6.07, 6.45) is 3.99. The molecule has 1 aromatic heterocycles. The van der Waals surface area contributed by atoms with E-state index < -0.39 is 16.0 Å². The van der Waals surface area contributed by atoms with Crippen molar-refractivity contribution in [2.24, 2.45) is 7.05 Å². The first-order chi connectivity index (χ1) is 11.3. The van der Waals surface area contributed by atoms with Gasteiger partial charge in [0.1, 0.15) is 0 Å². The minimum Gasteiger partial charge on any atom is -0.478 e. The van der Waals surface area contributed by atoms with E-state index in [-0.39, 0.29) is 17.0 Å². The van der Waals surface area contributed by atoms with Crippen LogP contribution in [0.4, 0.5) is 0 Å². The fourth-order valence-corrected chi connectivity index (χ4v) is 3.69. The van der Waals surface area contributed by atoms with Gasteiger partial charge in [0, 0.05) is 7.05 Å². The first-order valence-corrected chi connectivity index (χ1v) is 9.12. The maximum Gasteiger partial charge on any atom is 0.335 e. The number of hydrogen-bond acceptors (Lipinski definition) is 4. The van der Waals surface area contributed by atoms with Crippen LogP contribution in [0.25, 0.3) is 0 Å². The van der Waals surface area contributed by atoms with Crippen molar-refractivity contribution >= 4 is 16.0 Å². The van der Waals surface area contributed by atoms with Crippen molar-refractivity contribution in [2.45, 2.75) is 37.1 Å². The van der Waals surface area contributed by atoms with Crippen molar-refractivity contribution in [2.75, 3.05) is 0 Å². The van der Waals surface area contributed by atoms with Gasteiger partial charge in [0.2, 0.25) is 10.0 Å². The van der Waals surface area contributed by atoms with Crippen LogP contribution < -0.4 is 4.72 Å².